The summed E-state index contributed by atoms with van der Waals surface area (Å²) in [6.45, 7) is 7.07. The maximum Gasteiger partial charge on any atom is 0.226 e. The SMILES string of the molecule is Cc1cccc(CNC(=O)Cc2ccc(-c3ccc(OCCN4CCOCC4)cc3F)cn2)c1. The van der Waals surface area contributed by atoms with E-state index in [2.05, 4.69) is 15.2 Å². The van der Waals surface area contributed by atoms with Crippen molar-refractivity contribution in [1.29, 1.82) is 0 Å². The highest BCUT2D eigenvalue weighted by Crippen LogP contribution is 2.26. The van der Waals surface area contributed by atoms with Crippen LogP contribution in [0.15, 0.2) is 60.8 Å². The summed E-state index contributed by atoms with van der Waals surface area (Å²) in [6.07, 6.45) is 1.77. The number of halogens is 1. The van der Waals surface area contributed by atoms with Crippen LogP contribution in [0.3, 0.4) is 0 Å². The summed E-state index contributed by atoms with van der Waals surface area (Å²) in [6, 6.07) is 16.4. The summed E-state index contributed by atoms with van der Waals surface area (Å²) in [5.74, 6) is 0.0326. The Hall–Kier alpha value is -3.29. The lowest BCUT2D eigenvalue weighted by atomic mass is 10.1. The summed E-state index contributed by atoms with van der Waals surface area (Å²) >= 11 is 0. The van der Waals surface area contributed by atoms with Gasteiger partial charge in [-0.3, -0.25) is 14.7 Å². The molecule has 0 radical (unpaired) electrons. The second kappa shape index (κ2) is 11.7. The summed E-state index contributed by atoms with van der Waals surface area (Å²) in [5, 5.41) is 2.91. The van der Waals surface area contributed by atoms with Gasteiger partial charge in [0.1, 0.15) is 18.2 Å². The molecule has 34 heavy (non-hydrogen) atoms. The molecule has 0 spiro atoms. The Morgan fingerprint density at radius 1 is 1.15 bits per heavy atom. The zero-order chi connectivity index (χ0) is 23.8. The fourth-order valence-electron chi connectivity index (χ4n) is 3.88. The normalized spacial score (nSPS) is 14.1. The van der Waals surface area contributed by atoms with Crippen LogP contribution in [0, 0.1) is 12.7 Å². The quantitative estimate of drug-likeness (QED) is 0.524. The van der Waals surface area contributed by atoms with Crippen LogP contribution in [0.2, 0.25) is 0 Å². The van der Waals surface area contributed by atoms with Crippen LogP contribution in [0.1, 0.15) is 16.8 Å². The molecule has 1 aliphatic heterocycles. The van der Waals surface area contributed by atoms with E-state index in [9.17, 15) is 9.18 Å². The summed E-state index contributed by atoms with van der Waals surface area (Å²) < 4.78 is 25.8. The maximum absolute atomic E-state index is 14.7. The van der Waals surface area contributed by atoms with Gasteiger partial charge in [0, 0.05) is 55.3 Å². The molecule has 1 fully saturated rings. The van der Waals surface area contributed by atoms with Crippen LogP contribution in [0.25, 0.3) is 11.1 Å². The first-order valence-electron chi connectivity index (χ1n) is 11.6. The first kappa shape index (κ1) is 23.9. The topological polar surface area (TPSA) is 63.7 Å². The number of hydrogen-bond donors (Lipinski definition) is 1. The second-order valence-corrected chi connectivity index (χ2v) is 8.42. The number of carbonyl (C=O) groups is 1. The van der Waals surface area contributed by atoms with Gasteiger partial charge in [0.25, 0.3) is 0 Å². The molecule has 0 aliphatic carbocycles. The third-order valence-corrected chi connectivity index (χ3v) is 5.77. The van der Waals surface area contributed by atoms with Crippen molar-refractivity contribution >= 4 is 5.91 Å². The molecule has 0 atom stereocenters. The van der Waals surface area contributed by atoms with Crippen LogP contribution in [-0.2, 0) is 22.5 Å². The Labute approximate surface area is 199 Å². The number of ether oxygens (including phenoxy) is 2. The van der Waals surface area contributed by atoms with Crippen molar-refractivity contribution < 1.29 is 18.7 Å². The number of nitrogens with one attached hydrogen (secondary N) is 1. The average molecular weight is 464 g/mol. The van der Waals surface area contributed by atoms with Gasteiger partial charge in [-0.1, -0.05) is 35.9 Å². The number of benzene rings is 2. The molecule has 2 aromatic carbocycles. The number of morpholine rings is 1. The number of pyridine rings is 1. The largest absolute Gasteiger partial charge is 0.492 e. The molecule has 1 amide bonds. The first-order chi connectivity index (χ1) is 16.6. The van der Waals surface area contributed by atoms with Gasteiger partial charge in [-0.15, -0.1) is 0 Å². The first-order valence-corrected chi connectivity index (χ1v) is 11.6. The Bertz CT molecular complexity index is 1100. The van der Waals surface area contributed by atoms with Gasteiger partial charge in [-0.2, -0.15) is 0 Å². The molecule has 0 saturated carbocycles. The van der Waals surface area contributed by atoms with Gasteiger partial charge in [0.05, 0.1) is 19.6 Å². The van der Waals surface area contributed by atoms with E-state index in [0.717, 1.165) is 44.0 Å². The van der Waals surface area contributed by atoms with E-state index in [4.69, 9.17) is 9.47 Å². The molecule has 1 N–H and O–H groups in total. The van der Waals surface area contributed by atoms with E-state index in [1.54, 1.807) is 30.5 Å². The molecule has 178 valence electrons. The van der Waals surface area contributed by atoms with Gasteiger partial charge < -0.3 is 14.8 Å². The molecule has 6 nitrogen and oxygen atoms in total. The number of carbonyl (C=O) groups excluding carboxylic acids is 1. The van der Waals surface area contributed by atoms with Crippen LogP contribution >= 0.6 is 0 Å². The fourth-order valence-corrected chi connectivity index (χ4v) is 3.88. The summed E-state index contributed by atoms with van der Waals surface area (Å²) in [7, 11) is 0. The smallest absolute Gasteiger partial charge is 0.226 e. The Kier molecular flexibility index (Phi) is 8.22. The number of aryl methyl sites for hydroxylation is 1. The third kappa shape index (κ3) is 6.85. The highest BCUT2D eigenvalue weighted by Gasteiger charge is 2.12. The molecule has 1 saturated heterocycles. The molecular weight excluding hydrogens is 433 g/mol. The Morgan fingerprint density at radius 3 is 2.74 bits per heavy atom. The number of rotatable bonds is 9. The fraction of sp³-hybridized carbons (Fsp3) is 0.333. The minimum Gasteiger partial charge on any atom is -0.492 e. The van der Waals surface area contributed by atoms with Crippen molar-refractivity contribution in [3.8, 4) is 16.9 Å². The van der Waals surface area contributed by atoms with Crippen LogP contribution in [0.5, 0.6) is 5.75 Å². The predicted octanol–water partition coefficient (Wildman–Crippen LogP) is 3.77. The lowest BCUT2D eigenvalue weighted by Crippen LogP contribution is -2.38. The molecule has 1 aliphatic rings. The summed E-state index contributed by atoms with van der Waals surface area (Å²) in [5.41, 5.74) is 3.95. The van der Waals surface area contributed by atoms with Crippen molar-refractivity contribution in [3.63, 3.8) is 0 Å². The van der Waals surface area contributed by atoms with Crippen molar-refractivity contribution in [2.75, 3.05) is 39.5 Å². The third-order valence-electron chi connectivity index (χ3n) is 5.77. The minimum atomic E-state index is -0.366. The second-order valence-electron chi connectivity index (χ2n) is 8.42. The van der Waals surface area contributed by atoms with E-state index in [0.29, 0.717) is 35.7 Å². The Morgan fingerprint density at radius 2 is 2.00 bits per heavy atom. The van der Waals surface area contributed by atoms with Crippen molar-refractivity contribution in [2.45, 2.75) is 19.9 Å². The summed E-state index contributed by atoms with van der Waals surface area (Å²) in [4.78, 5) is 18.9. The van der Waals surface area contributed by atoms with Gasteiger partial charge >= 0.3 is 0 Å². The van der Waals surface area contributed by atoms with Crippen LogP contribution in [0.4, 0.5) is 4.39 Å². The van der Waals surface area contributed by atoms with E-state index >= 15 is 0 Å². The zero-order valence-corrected chi connectivity index (χ0v) is 19.4. The monoisotopic (exact) mass is 463 g/mol. The molecular formula is C27H30FN3O3. The van der Waals surface area contributed by atoms with Crippen molar-refractivity contribution in [2.24, 2.45) is 0 Å². The van der Waals surface area contributed by atoms with Gasteiger partial charge in [-0.05, 0) is 30.7 Å². The van der Waals surface area contributed by atoms with Crippen LogP contribution < -0.4 is 10.1 Å². The lowest BCUT2D eigenvalue weighted by Gasteiger charge is -2.26. The molecule has 3 aromatic rings. The van der Waals surface area contributed by atoms with Crippen LogP contribution in [-0.4, -0.2) is 55.2 Å². The maximum atomic E-state index is 14.7. The number of aromatic nitrogens is 1. The van der Waals surface area contributed by atoms with E-state index in [1.807, 2.05) is 31.2 Å². The minimum absolute atomic E-state index is 0.105. The van der Waals surface area contributed by atoms with Gasteiger partial charge in [-0.25, -0.2) is 4.39 Å². The highest BCUT2D eigenvalue weighted by atomic mass is 19.1. The lowest BCUT2D eigenvalue weighted by molar-refractivity contribution is -0.120. The van der Waals surface area contributed by atoms with Gasteiger partial charge in [0.15, 0.2) is 0 Å². The molecule has 2 heterocycles. The number of amides is 1. The number of hydrogen-bond acceptors (Lipinski definition) is 5. The van der Waals surface area contributed by atoms with Gasteiger partial charge in [0.2, 0.25) is 5.91 Å². The number of nitrogens with zero attached hydrogens (tertiary/aromatic N) is 2. The van der Waals surface area contributed by atoms with E-state index in [1.165, 1.54) is 6.07 Å². The predicted molar refractivity (Wildman–Crippen MR) is 129 cm³/mol. The molecule has 0 bridgehead atoms. The Balaban J connectivity index is 1.28. The zero-order valence-electron chi connectivity index (χ0n) is 19.4. The molecule has 0 unspecified atom stereocenters. The average Bonchev–Trinajstić information content (AvgIpc) is 2.84. The molecule has 7 heteroatoms. The van der Waals surface area contributed by atoms with Crippen molar-refractivity contribution in [3.05, 3.63) is 83.4 Å². The highest BCUT2D eigenvalue weighted by molar-refractivity contribution is 5.78. The van der Waals surface area contributed by atoms with E-state index in [-0.39, 0.29) is 18.1 Å². The van der Waals surface area contributed by atoms with E-state index < -0.39 is 0 Å². The van der Waals surface area contributed by atoms with Crippen molar-refractivity contribution in [1.82, 2.24) is 15.2 Å². The standard InChI is InChI=1S/C27H30FN3O3/c1-20-3-2-4-21(15-20)18-30-27(32)16-23-6-5-22(19-29-23)25-8-7-24(17-26(25)28)34-14-11-31-9-12-33-13-10-31/h2-8,15,17,19H,9-14,16,18H2,1H3,(H,30,32). The molecule has 1 aromatic heterocycles. The molecule has 4 rings (SSSR count).